The van der Waals surface area contributed by atoms with E-state index in [1.54, 1.807) is 0 Å². The fraction of sp³-hybridized carbons (Fsp3) is 0.700. The molecule has 5 heteroatoms. The summed E-state index contributed by atoms with van der Waals surface area (Å²) in [7, 11) is 0. The van der Waals surface area contributed by atoms with Crippen LogP contribution in [0.15, 0.2) is 0 Å². The van der Waals surface area contributed by atoms with Gasteiger partial charge in [0.1, 0.15) is 6.04 Å². The van der Waals surface area contributed by atoms with Crippen LogP contribution in [0.4, 0.5) is 0 Å². The molecule has 0 aromatic carbocycles. The molecule has 2 fully saturated rings. The molecule has 82 valence electrons. The Morgan fingerprint density at radius 3 is 2.60 bits per heavy atom. The molecule has 0 aromatic rings. The van der Waals surface area contributed by atoms with Crippen LogP contribution in [0, 0.1) is 5.92 Å². The fourth-order valence-corrected chi connectivity index (χ4v) is 2.56. The highest BCUT2D eigenvalue weighted by Crippen LogP contribution is 2.39. The van der Waals surface area contributed by atoms with E-state index in [-0.39, 0.29) is 29.9 Å². The van der Waals surface area contributed by atoms with Gasteiger partial charge in [0.25, 0.3) is 0 Å². The predicted molar refractivity (Wildman–Crippen MR) is 49.9 cm³/mol. The lowest BCUT2D eigenvalue weighted by atomic mass is 9.84. The van der Waals surface area contributed by atoms with E-state index >= 15 is 0 Å². The molecule has 5 nitrogen and oxygen atoms in total. The van der Waals surface area contributed by atoms with Gasteiger partial charge in [0.15, 0.2) is 11.6 Å². The minimum absolute atomic E-state index is 0.200. The molecule has 4 atom stereocenters. The smallest absolute Gasteiger partial charge is 0.231 e. The Morgan fingerprint density at radius 2 is 2.13 bits per heavy atom. The molecule has 2 heterocycles. The Kier molecular flexibility index (Phi) is 2.15. The minimum atomic E-state index is -0.891. The van der Waals surface area contributed by atoms with E-state index in [1.807, 2.05) is 0 Å². The summed E-state index contributed by atoms with van der Waals surface area (Å²) in [6, 6.07) is -1.16. The summed E-state index contributed by atoms with van der Waals surface area (Å²) in [5.74, 6) is -1.27. The quantitative estimate of drug-likeness (QED) is 0.475. The summed E-state index contributed by atoms with van der Waals surface area (Å²) < 4.78 is 0. The summed E-state index contributed by atoms with van der Waals surface area (Å²) in [6.45, 7) is 2.85. The summed E-state index contributed by atoms with van der Waals surface area (Å²) in [5.41, 5.74) is 0. The molecule has 2 aliphatic rings. The van der Waals surface area contributed by atoms with Gasteiger partial charge in [-0.1, -0.05) is 0 Å². The maximum atomic E-state index is 11.6. The topological polar surface area (TPSA) is 74.7 Å². The Labute approximate surface area is 87.1 Å². The first-order chi connectivity index (χ1) is 6.95. The van der Waals surface area contributed by atoms with E-state index < -0.39 is 18.1 Å². The molecule has 0 aliphatic carbocycles. The molecule has 2 unspecified atom stereocenters. The van der Waals surface area contributed by atoms with Crippen molar-refractivity contribution in [3.63, 3.8) is 0 Å². The second-order valence-electron chi connectivity index (χ2n) is 4.26. The molecular weight excluding hydrogens is 198 g/mol. The highest BCUT2D eigenvalue weighted by molar-refractivity contribution is 6.12. The van der Waals surface area contributed by atoms with Crippen LogP contribution in [0.25, 0.3) is 0 Å². The van der Waals surface area contributed by atoms with Gasteiger partial charge in [0.2, 0.25) is 5.91 Å². The number of hydrogen-bond donors (Lipinski definition) is 1. The molecule has 0 spiro atoms. The van der Waals surface area contributed by atoms with Gasteiger partial charge in [0, 0.05) is 6.42 Å². The van der Waals surface area contributed by atoms with Crippen LogP contribution in [-0.4, -0.2) is 45.7 Å². The monoisotopic (exact) mass is 211 g/mol. The molecule has 0 radical (unpaired) electrons. The zero-order valence-electron chi connectivity index (χ0n) is 8.64. The normalized spacial score (nSPS) is 36.2. The molecule has 2 saturated heterocycles. The number of Topliss-reactive ketones (excluding diaryl/α,β-unsaturated/α-hetero) is 2. The number of aliphatic hydroxyl groups is 1. The van der Waals surface area contributed by atoms with Crippen LogP contribution in [-0.2, 0) is 14.4 Å². The van der Waals surface area contributed by atoms with E-state index in [9.17, 15) is 19.5 Å². The number of aliphatic hydroxyl groups excluding tert-OH is 1. The lowest BCUT2D eigenvalue weighted by molar-refractivity contribution is -0.165. The fourth-order valence-electron chi connectivity index (χ4n) is 2.56. The van der Waals surface area contributed by atoms with Crippen LogP contribution in [0.2, 0.25) is 0 Å². The number of carbonyl (C=O) groups excluding carboxylic acids is 3. The second kappa shape index (κ2) is 3.13. The standard InChI is InChI=1S/C10H13NO4/c1-4(12)8-6-3-7(14)9(5(2)13)11(6)10(8)15/h4,6,8-9,12H,3H2,1-2H3/t4-,6?,8-,9?/m1/s1. The maximum absolute atomic E-state index is 11.6. The third-order valence-electron chi connectivity index (χ3n) is 3.21. The van der Waals surface area contributed by atoms with Gasteiger partial charge in [-0.3, -0.25) is 14.4 Å². The van der Waals surface area contributed by atoms with Crippen molar-refractivity contribution in [3.05, 3.63) is 0 Å². The summed E-state index contributed by atoms with van der Waals surface area (Å²) in [6.07, 6.45) is -0.553. The maximum Gasteiger partial charge on any atom is 0.231 e. The van der Waals surface area contributed by atoms with Crippen LogP contribution in [0.5, 0.6) is 0 Å². The summed E-state index contributed by atoms with van der Waals surface area (Å²) in [4.78, 5) is 35.6. The van der Waals surface area contributed by atoms with E-state index in [2.05, 4.69) is 0 Å². The average Bonchev–Trinajstić information content (AvgIpc) is 2.38. The second-order valence-corrected chi connectivity index (χ2v) is 4.26. The van der Waals surface area contributed by atoms with E-state index in [0.29, 0.717) is 0 Å². The molecule has 2 aliphatic heterocycles. The Hall–Kier alpha value is -1.23. The lowest BCUT2D eigenvalue weighted by Crippen LogP contribution is -2.64. The number of nitrogens with zero attached hydrogens (tertiary/aromatic N) is 1. The van der Waals surface area contributed by atoms with Crippen LogP contribution >= 0.6 is 0 Å². The number of ketones is 2. The number of rotatable bonds is 2. The highest BCUT2D eigenvalue weighted by atomic mass is 16.3. The molecule has 2 rings (SSSR count). The molecule has 0 bridgehead atoms. The molecule has 1 amide bonds. The number of fused-ring (bicyclic) bond motifs is 1. The van der Waals surface area contributed by atoms with E-state index in [1.165, 1.54) is 18.7 Å². The Balaban J connectivity index is 2.23. The third kappa shape index (κ3) is 1.23. The average molecular weight is 211 g/mol. The first-order valence-corrected chi connectivity index (χ1v) is 4.98. The van der Waals surface area contributed by atoms with Gasteiger partial charge in [-0.2, -0.15) is 0 Å². The molecule has 0 saturated carbocycles. The zero-order valence-corrected chi connectivity index (χ0v) is 8.64. The van der Waals surface area contributed by atoms with Crippen molar-refractivity contribution in [2.45, 2.75) is 38.5 Å². The van der Waals surface area contributed by atoms with Gasteiger partial charge in [0.05, 0.1) is 18.1 Å². The van der Waals surface area contributed by atoms with Crippen molar-refractivity contribution in [2.75, 3.05) is 0 Å². The number of hydrogen-bond acceptors (Lipinski definition) is 4. The van der Waals surface area contributed by atoms with Crippen LogP contribution < -0.4 is 0 Å². The molecule has 15 heavy (non-hydrogen) atoms. The largest absolute Gasteiger partial charge is 0.393 e. The van der Waals surface area contributed by atoms with Crippen molar-refractivity contribution in [1.82, 2.24) is 4.90 Å². The Bertz CT molecular complexity index is 349. The zero-order chi connectivity index (χ0) is 11.3. The number of carbonyl (C=O) groups is 3. The van der Waals surface area contributed by atoms with Crippen molar-refractivity contribution < 1.29 is 19.5 Å². The van der Waals surface area contributed by atoms with Crippen molar-refractivity contribution in [1.29, 1.82) is 0 Å². The number of β-lactam (4-membered cyclic amide) rings is 1. The van der Waals surface area contributed by atoms with Crippen molar-refractivity contribution in [2.24, 2.45) is 5.92 Å². The summed E-state index contributed by atoms with van der Waals surface area (Å²) >= 11 is 0. The summed E-state index contributed by atoms with van der Waals surface area (Å²) in [5, 5.41) is 9.36. The van der Waals surface area contributed by atoms with Gasteiger partial charge in [-0.05, 0) is 13.8 Å². The van der Waals surface area contributed by atoms with Crippen LogP contribution in [0.3, 0.4) is 0 Å². The van der Waals surface area contributed by atoms with Gasteiger partial charge in [-0.15, -0.1) is 0 Å². The van der Waals surface area contributed by atoms with Gasteiger partial charge < -0.3 is 10.0 Å². The molecular formula is C10H13NO4. The highest BCUT2D eigenvalue weighted by Gasteiger charge is 2.59. The van der Waals surface area contributed by atoms with Crippen molar-refractivity contribution >= 4 is 17.5 Å². The van der Waals surface area contributed by atoms with E-state index in [0.717, 1.165) is 0 Å². The molecule has 1 N–H and O–H groups in total. The van der Waals surface area contributed by atoms with Gasteiger partial charge >= 0.3 is 0 Å². The first-order valence-electron chi connectivity index (χ1n) is 4.98. The SMILES string of the molecule is CC(=O)C1C(=O)CC2[C@@H]([C@@H](C)O)C(=O)N12. The van der Waals surface area contributed by atoms with Crippen LogP contribution in [0.1, 0.15) is 20.3 Å². The van der Waals surface area contributed by atoms with Gasteiger partial charge in [-0.25, -0.2) is 0 Å². The van der Waals surface area contributed by atoms with Crippen molar-refractivity contribution in [3.8, 4) is 0 Å². The predicted octanol–water partition coefficient (Wildman–Crippen LogP) is -0.875. The Morgan fingerprint density at radius 1 is 1.53 bits per heavy atom. The third-order valence-corrected chi connectivity index (χ3v) is 3.21. The lowest BCUT2D eigenvalue weighted by Gasteiger charge is -2.45. The number of amides is 1. The van der Waals surface area contributed by atoms with E-state index in [4.69, 9.17) is 0 Å². The minimum Gasteiger partial charge on any atom is -0.393 e. The molecule has 0 aromatic heterocycles. The first kappa shape index (κ1) is 10.3.